The van der Waals surface area contributed by atoms with Crippen LogP contribution in [0.3, 0.4) is 0 Å². The molecule has 300 valence electrons. The van der Waals surface area contributed by atoms with Crippen LogP contribution in [-0.2, 0) is 25.3 Å². The Labute approximate surface area is 332 Å². The number of aryl methyl sites for hydroxylation is 1. The largest absolute Gasteiger partial charge is 0.496 e. The molecule has 1 saturated heterocycles. The monoisotopic (exact) mass is 814 g/mol. The molecule has 1 aliphatic rings. The predicted molar refractivity (Wildman–Crippen MR) is 223 cm³/mol. The number of aromatic nitrogens is 2. The van der Waals surface area contributed by atoms with Gasteiger partial charge in [0.25, 0.3) is 11.8 Å². The quantitative estimate of drug-likeness (QED) is 0.112. The lowest BCUT2D eigenvalue weighted by atomic mass is 9.86. The molecule has 2 amide bonds. The predicted octanol–water partition coefficient (Wildman–Crippen LogP) is 6.59. The maximum absolute atomic E-state index is 13.7. The Hall–Kier alpha value is -5.74. The maximum atomic E-state index is 13.7. The number of sulfone groups is 1. The van der Waals surface area contributed by atoms with Gasteiger partial charge in [-0.3, -0.25) is 14.3 Å². The molecule has 0 radical (unpaired) electrons. The highest BCUT2D eigenvalue weighted by molar-refractivity contribution is 7.92. The van der Waals surface area contributed by atoms with E-state index in [0.717, 1.165) is 33.9 Å². The van der Waals surface area contributed by atoms with Crippen molar-refractivity contribution in [2.75, 3.05) is 47.3 Å². The van der Waals surface area contributed by atoms with Crippen LogP contribution in [0.4, 0.5) is 23.0 Å². The van der Waals surface area contributed by atoms with Crippen LogP contribution in [0.25, 0.3) is 22.0 Å². The Morgan fingerprint density at radius 3 is 2.26 bits per heavy atom. The first kappa shape index (κ1) is 40.9. The van der Waals surface area contributed by atoms with Crippen molar-refractivity contribution < 1.29 is 35.9 Å². The van der Waals surface area contributed by atoms with Crippen molar-refractivity contribution in [1.82, 2.24) is 15.3 Å². The van der Waals surface area contributed by atoms with Gasteiger partial charge in [-0.25, -0.2) is 26.8 Å². The SMILES string of the molecule is COc1cc(Nc2ncc3cc(-c4cc(C(=O)Nc5cc(C(C)(C)C)cc(NS(C)(=O)=O)c5OC)ccc4C)ccc3n2)ccc1C(=O)NC1CCS(=O)(=O)CC1. The summed E-state index contributed by atoms with van der Waals surface area (Å²) in [5.74, 6) is 0.215. The molecule has 0 unspecified atom stereocenters. The number of methoxy groups -OCH3 is 2. The summed E-state index contributed by atoms with van der Waals surface area (Å²) in [6.45, 7) is 7.92. The number of carbonyl (C=O) groups is 2. The van der Waals surface area contributed by atoms with E-state index in [2.05, 4.69) is 30.6 Å². The number of nitrogens with one attached hydrogen (secondary N) is 4. The van der Waals surface area contributed by atoms with Gasteiger partial charge in [0.1, 0.15) is 15.6 Å². The van der Waals surface area contributed by atoms with Gasteiger partial charge in [-0.05, 0) is 96.0 Å². The van der Waals surface area contributed by atoms with Crippen molar-refractivity contribution in [2.45, 2.75) is 52.0 Å². The highest BCUT2D eigenvalue weighted by atomic mass is 32.2. The van der Waals surface area contributed by atoms with Crippen LogP contribution in [0.1, 0.15) is 65.5 Å². The number of benzene rings is 4. The second-order valence-electron chi connectivity index (χ2n) is 15.1. The first-order valence-electron chi connectivity index (χ1n) is 18.2. The molecule has 16 heteroatoms. The number of amides is 2. The second kappa shape index (κ2) is 16.0. The minimum atomic E-state index is -3.64. The molecular weight excluding hydrogens is 769 g/mol. The summed E-state index contributed by atoms with van der Waals surface area (Å²) >= 11 is 0. The van der Waals surface area contributed by atoms with Crippen LogP contribution in [-0.4, -0.2) is 76.6 Å². The van der Waals surface area contributed by atoms with Crippen molar-refractivity contribution in [2.24, 2.45) is 0 Å². The van der Waals surface area contributed by atoms with E-state index in [9.17, 15) is 26.4 Å². The zero-order valence-corrected chi connectivity index (χ0v) is 34.4. The number of anilines is 4. The Balaban J connectivity index is 1.20. The highest BCUT2D eigenvalue weighted by Crippen LogP contribution is 2.39. The highest BCUT2D eigenvalue weighted by Gasteiger charge is 2.26. The zero-order chi connectivity index (χ0) is 41.3. The molecule has 4 aromatic carbocycles. The fourth-order valence-corrected chi connectivity index (χ4v) is 8.61. The summed E-state index contributed by atoms with van der Waals surface area (Å²) < 4.78 is 61.5. The molecular formula is C41H46N6O8S2. The molecule has 57 heavy (non-hydrogen) atoms. The molecule has 6 rings (SSSR count). The van der Waals surface area contributed by atoms with Gasteiger partial charge in [-0.15, -0.1) is 0 Å². The molecule has 2 heterocycles. The third-order valence-electron chi connectivity index (χ3n) is 9.69. The van der Waals surface area contributed by atoms with Crippen LogP contribution in [0.15, 0.2) is 72.9 Å². The van der Waals surface area contributed by atoms with E-state index in [1.165, 1.54) is 14.2 Å². The van der Waals surface area contributed by atoms with E-state index in [-0.39, 0.29) is 40.3 Å². The molecule has 0 saturated carbocycles. The number of hydrogen-bond acceptors (Lipinski definition) is 11. The normalized spacial score (nSPS) is 14.4. The summed E-state index contributed by atoms with van der Waals surface area (Å²) in [7, 11) is -3.80. The van der Waals surface area contributed by atoms with Crippen molar-refractivity contribution in [3.05, 3.63) is 95.2 Å². The van der Waals surface area contributed by atoms with E-state index in [4.69, 9.17) is 9.47 Å². The standard InChI is InChI=1S/C41H46N6O8S2/c1-24-8-9-26(38(48)45-34-20-28(41(2,3)4)21-35(37(34)55-6)47-56(7,50)51)19-32(24)25-10-13-33-27(18-25)23-42-40(46-33)44-30-11-12-31(36(22-30)54-5)39(49)43-29-14-16-57(52,53)17-15-29/h8-13,18-23,29,47H,14-17H2,1-7H3,(H,43,49)(H,45,48)(H,42,44,46). The van der Waals surface area contributed by atoms with Gasteiger partial charge in [0.05, 0.1) is 54.4 Å². The molecule has 4 N–H and O–H groups in total. The third kappa shape index (κ3) is 9.81. The third-order valence-corrected chi connectivity index (χ3v) is 12.0. The van der Waals surface area contributed by atoms with E-state index < -0.39 is 25.8 Å². The molecule has 0 spiro atoms. The Kier molecular flexibility index (Phi) is 11.5. The topological polar surface area (TPSA) is 195 Å². The van der Waals surface area contributed by atoms with Gasteiger partial charge in [-0.1, -0.05) is 32.9 Å². The minimum Gasteiger partial charge on any atom is -0.496 e. The number of rotatable bonds is 11. The van der Waals surface area contributed by atoms with Gasteiger partial charge in [-0.2, -0.15) is 0 Å². The smallest absolute Gasteiger partial charge is 0.255 e. The molecule has 1 aliphatic heterocycles. The molecule has 1 fully saturated rings. The average Bonchev–Trinajstić information content (AvgIpc) is 3.14. The van der Waals surface area contributed by atoms with Gasteiger partial charge in [0, 0.05) is 34.9 Å². The molecule has 14 nitrogen and oxygen atoms in total. The van der Waals surface area contributed by atoms with Crippen LogP contribution in [0, 0.1) is 6.92 Å². The maximum Gasteiger partial charge on any atom is 0.255 e. The Bertz CT molecular complexity index is 2590. The number of fused-ring (bicyclic) bond motifs is 1. The fourth-order valence-electron chi connectivity index (χ4n) is 6.56. The fraction of sp³-hybridized carbons (Fsp3) is 0.317. The number of ether oxygens (including phenoxy) is 2. The van der Waals surface area contributed by atoms with Crippen molar-refractivity contribution in [3.63, 3.8) is 0 Å². The first-order valence-corrected chi connectivity index (χ1v) is 21.9. The number of nitrogens with zero attached hydrogens (tertiary/aromatic N) is 2. The Morgan fingerprint density at radius 2 is 1.60 bits per heavy atom. The second-order valence-corrected chi connectivity index (χ2v) is 19.2. The number of sulfonamides is 1. The van der Waals surface area contributed by atoms with Crippen LogP contribution >= 0.6 is 0 Å². The van der Waals surface area contributed by atoms with Gasteiger partial charge < -0.3 is 25.4 Å². The molecule has 0 bridgehead atoms. The van der Waals surface area contributed by atoms with Crippen LogP contribution in [0.2, 0.25) is 0 Å². The first-order chi connectivity index (χ1) is 26.8. The van der Waals surface area contributed by atoms with Gasteiger partial charge >= 0.3 is 0 Å². The summed E-state index contributed by atoms with van der Waals surface area (Å²) in [6.07, 6.45) is 3.50. The minimum absolute atomic E-state index is 0.0543. The number of carbonyl (C=O) groups excluding carboxylic acids is 2. The molecule has 1 aromatic heterocycles. The van der Waals surface area contributed by atoms with E-state index >= 15 is 0 Å². The summed E-state index contributed by atoms with van der Waals surface area (Å²) in [5, 5.41) is 9.79. The lowest BCUT2D eigenvalue weighted by Crippen LogP contribution is -2.40. The van der Waals surface area contributed by atoms with Gasteiger partial charge in [0.15, 0.2) is 5.75 Å². The Morgan fingerprint density at radius 1 is 0.877 bits per heavy atom. The molecule has 0 aliphatic carbocycles. The van der Waals surface area contributed by atoms with Crippen molar-refractivity contribution in [3.8, 4) is 22.6 Å². The zero-order valence-electron chi connectivity index (χ0n) is 32.8. The average molecular weight is 815 g/mol. The lowest BCUT2D eigenvalue weighted by Gasteiger charge is -2.24. The molecule has 0 atom stereocenters. The van der Waals surface area contributed by atoms with E-state index in [1.807, 2.05) is 52.0 Å². The molecule has 5 aromatic rings. The summed E-state index contributed by atoms with van der Waals surface area (Å²) in [4.78, 5) is 36.0. The summed E-state index contributed by atoms with van der Waals surface area (Å²) in [6, 6.07) is 19.4. The van der Waals surface area contributed by atoms with Crippen molar-refractivity contribution in [1.29, 1.82) is 0 Å². The number of hydrogen-bond donors (Lipinski definition) is 4. The van der Waals surface area contributed by atoms with E-state index in [0.29, 0.717) is 52.6 Å². The van der Waals surface area contributed by atoms with Gasteiger partial charge in [0.2, 0.25) is 16.0 Å². The summed E-state index contributed by atoms with van der Waals surface area (Å²) in [5.41, 5.74) is 5.57. The van der Waals surface area contributed by atoms with Crippen LogP contribution < -0.4 is 30.1 Å². The lowest BCUT2D eigenvalue weighted by molar-refractivity contribution is 0.0930. The van der Waals surface area contributed by atoms with E-state index in [1.54, 1.807) is 48.7 Å². The van der Waals surface area contributed by atoms with Crippen LogP contribution in [0.5, 0.6) is 11.5 Å². The van der Waals surface area contributed by atoms with Crippen molar-refractivity contribution >= 4 is 65.6 Å².